The molecule has 0 amide bonds. The maximum Gasteiger partial charge on any atom is 0.166 e. The molecule has 2 aromatic rings. The summed E-state index contributed by atoms with van der Waals surface area (Å²) in [6.07, 6.45) is 0. The Bertz CT molecular complexity index is 596. The van der Waals surface area contributed by atoms with E-state index < -0.39 is 5.82 Å². The zero-order valence-electron chi connectivity index (χ0n) is 9.61. The van der Waals surface area contributed by atoms with Crippen molar-refractivity contribution in [3.63, 3.8) is 0 Å². The van der Waals surface area contributed by atoms with Crippen molar-refractivity contribution in [1.29, 1.82) is 0 Å². The Hall–Kier alpha value is -1.87. The lowest BCUT2D eigenvalue weighted by Gasteiger charge is -2.10. The van der Waals surface area contributed by atoms with E-state index in [9.17, 15) is 9.18 Å². The minimum absolute atomic E-state index is 0.0579. The van der Waals surface area contributed by atoms with Gasteiger partial charge in [0.1, 0.15) is 17.3 Å². The molecule has 0 N–H and O–H groups in total. The van der Waals surface area contributed by atoms with Crippen molar-refractivity contribution in [2.75, 3.05) is 0 Å². The van der Waals surface area contributed by atoms with Crippen LogP contribution in [0.5, 0.6) is 11.5 Å². The molecule has 0 bridgehead atoms. The Labute approximate surface area is 109 Å². The Morgan fingerprint density at radius 1 is 1.22 bits per heavy atom. The second-order valence-corrected chi connectivity index (χ2v) is 4.17. The number of benzene rings is 2. The topological polar surface area (TPSA) is 26.3 Å². The average molecular weight is 265 g/mol. The van der Waals surface area contributed by atoms with Crippen molar-refractivity contribution in [2.24, 2.45) is 0 Å². The molecule has 0 fully saturated rings. The predicted molar refractivity (Wildman–Crippen MR) is 67.9 cm³/mol. The van der Waals surface area contributed by atoms with E-state index in [2.05, 4.69) is 0 Å². The molecule has 2 nitrogen and oxygen atoms in total. The summed E-state index contributed by atoms with van der Waals surface area (Å²) >= 11 is 5.82. The smallest absolute Gasteiger partial charge is 0.166 e. The highest BCUT2D eigenvalue weighted by Gasteiger charge is 2.14. The summed E-state index contributed by atoms with van der Waals surface area (Å²) in [5.74, 6) is -0.340. The lowest BCUT2D eigenvalue weighted by molar-refractivity contribution is 0.101. The molecule has 0 heterocycles. The lowest BCUT2D eigenvalue weighted by atomic mass is 10.1. The summed E-state index contributed by atoms with van der Waals surface area (Å²) < 4.78 is 19.0. The molecule has 0 saturated carbocycles. The SMILES string of the molecule is CC(=O)c1c(F)cccc1Oc1cccc(Cl)c1. The average Bonchev–Trinajstić information content (AvgIpc) is 2.28. The number of ketones is 1. The van der Waals surface area contributed by atoms with Crippen molar-refractivity contribution >= 4 is 17.4 Å². The molecule has 92 valence electrons. The van der Waals surface area contributed by atoms with Crippen LogP contribution in [0.15, 0.2) is 42.5 Å². The zero-order chi connectivity index (χ0) is 13.1. The molecule has 2 rings (SSSR count). The van der Waals surface area contributed by atoms with E-state index in [1.165, 1.54) is 19.1 Å². The molecule has 0 unspecified atom stereocenters. The van der Waals surface area contributed by atoms with Gasteiger partial charge in [-0.2, -0.15) is 0 Å². The summed E-state index contributed by atoms with van der Waals surface area (Å²) in [7, 11) is 0. The quantitative estimate of drug-likeness (QED) is 0.765. The summed E-state index contributed by atoms with van der Waals surface area (Å²) in [5.41, 5.74) is -0.0579. The largest absolute Gasteiger partial charge is 0.456 e. The molecule has 18 heavy (non-hydrogen) atoms. The third kappa shape index (κ3) is 2.68. The maximum absolute atomic E-state index is 13.6. The van der Waals surface area contributed by atoms with Crippen molar-refractivity contribution in [2.45, 2.75) is 6.92 Å². The van der Waals surface area contributed by atoms with Gasteiger partial charge in [0, 0.05) is 5.02 Å². The standard InChI is InChI=1S/C14H10ClFO2/c1-9(17)14-12(16)6-3-7-13(14)18-11-5-2-4-10(15)8-11/h2-8H,1H3. The van der Waals surface area contributed by atoms with Gasteiger partial charge < -0.3 is 4.74 Å². The zero-order valence-corrected chi connectivity index (χ0v) is 10.4. The highest BCUT2D eigenvalue weighted by atomic mass is 35.5. The fourth-order valence-electron chi connectivity index (χ4n) is 1.59. The summed E-state index contributed by atoms with van der Waals surface area (Å²) in [4.78, 5) is 11.4. The van der Waals surface area contributed by atoms with Crippen LogP contribution in [0, 0.1) is 5.82 Å². The maximum atomic E-state index is 13.6. The van der Waals surface area contributed by atoms with E-state index >= 15 is 0 Å². The fourth-order valence-corrected chi connectivity index (χ4v) is 1.77. The van der Waals surface area contributed by atoms with Crippen molar-refractivity contribution in [3.05, 3.63) is 58.9 Å². The van der Waals surface area contributed by atoms with E-state index in [0.717, 1.165) is 0 Å². The van der Waals surface area contributed by atoms with Crippen LogP contribution in [0.3, 0.4) is 0 Å². The molecule has 0 aromatic heterocycles. The van der Waals surface area contributed by atoms with Crippen LogP contribution in [0.4, 0.5) is 4.39 Å². The number of hydrogen-bond acceptors (Lipinski definition) is 2. The number of carbonyl (C=O) groups excluding carboxylic acids is 1. The predicted octanol–water partition coefficient (Wildman–Crippen LogP) is 4.47. The van der Waals surface area contributed by atoms with Crippen molar-refractivity contribution in [3.8, 4) is 11.5 Å². The van der Waals surface area contributed by atoms with Crippen LogP contribution in [0.25, 0.3) is 0 Å². The van der Waals surface area contributed by atoms with E-state index in [1.807, 2.05) is 0 Å². The molecule has 0 aliphatic heterocycles. The van der Waals surface area contributed by atoms with Gasteiger partial charge in [-0.1, -0.05) is 23.7 Å². The molecule has 0 atom stereocenters. The summed E-state index contributed by atoms with van der Waals surface area (Å²) in [6.45, 7) is 1.29. The van der Waals surface area contributed by atoms with Gasteiger partial charge in [-0.3, -0.25) is 4.79 Å². The van der Waals surface area contributed by atoms with Crippen LogP contribution in [-0.2, 0) is 0 Å². The number of hydrogen-bond donors (Lipinski definition) is 0. The van der Waals surface area contributed by atoms with Gasteiger partial charge in [-0.05, 0) is 37.3 Å². The number of rotatable bonds is 3. The van der Waals surface area contributed by atoms with Crippen molar-refractivity contribution in [1.82, 2.24) is 0 Å². The van der Waals surface area contributed by atoms with Gasteiger partial charge in [-0.25, -0.2) is 4.39 Å². The summed E-state index contributed by atoms with van der Waals surface area (Å²) in [6, 6.07) is 10.9. The van der Waals surface area contributed by atoms with Gasteiger partial charge in [0.15, 0.2) is 5.78 Å². The minimum atomic E-state index is -0.595. The third-order valence-corrected chi connectivity index (χ3v) is 2.59. The monoisotopic (exact) mass is 264 g/mol. The van der Waals surface area contributed by atoms with Crippen molar-refractivity contribution < 1.29 is 13.9 Å². The third-order valence-electron chi connectivity index (χ3n) is 2.35. The Morgan fingerprint density at radius 2 is 1.94 bits per heavy atom. The second-order valence-electron chi connectivity index (χ2n) is 3.73. The first-order chi connectivity index (χ1) is 8.58. The molecular weight excluding hydrogens is 255 g/mol. The molecule has 2 aromatic carbocycles. The first-order valence-electron chi connectivity index (χ1n) is 5.31. The van der Waals surface area contributed by atoms with Gasteiger partial charge in [0.2, 0.25) is 0 Å². The Kier molecular flexibility index (Phi) is 3.63. The van der Waals surface area contributed by atoms with Crippen LogP contribution in [0.2, 0.25) is 5.02 Å². The number of ether oxygens (including phenoxy) is 1. The molecule has 0 spiro atoms. The van der Waals surface area contributed by atoms with Crippen LogP contribution in [-0.4, -0.2) is 5.78 Å². The molecule has 0 aliphatic rings. The van der Waals surface area contributed by atoms with Crippen LogP contribution in [0.1, 0.15) is 17.3 Å². The Balaban J connectivity index is 2.40. The first kappa shape index (κ1) is 12.6. The minimum Gasteiger partial charge on any atom is -0.456 e. The second kappa shape index (κ2) is 5.19. The molecule has 0 aliphatic carbocycles. The van der Waals surface area contributed by atoms with Gasteiger partial charge in [0.25, 0.3) is 0 Å². The lowest BCUT2D eigenvalue weighted by Crippen LogP contribution is -2.00. The molecular formula is C14H10ClFO2. The van der Waals surface area contributed by atoms with E-state index in [4.69, 9.17) is 16.3 Å². The molecule has 4 heteroatoms. The van der Waals surface area contributed by atoms with Gasteiger partial charge in [0.05, 0.1) is 5.56 Å². The van der Waals surface area contributed by atoms with E-state index in [-0.39, 0.29) is 17.1 Å². The molecule has 0 saturated heterocycles. The number of halogens is 2. The highest BCUT2D eigenvalue weighted by molar-refractivity contribution is 6.30. The Morgan fingerprint density at radius 3 is 2.61 bits per heavy atom. The first-order valence-corrected chi connectivity index (χ1v) is 5.68. The normalized spacial score (nSPS) is 10.2. The van der Waals surface area contributed by atoms with Gasteiger partial charge >= 0.3 is 0 Å². The van der Waals surface area contributed by atoms with Gasteiger partial charge in [-0.15, -0.1) is 0 Å². The van der Waals surface area contributed by atoms with E-state index in [0.29, 0.717) is 10.8 Å². The van der Waals surface area contributed by atoms with Crippen LogP contribution < -0.4 is 4.74 Å². The van der Waals surface area contributed by atoms with Crippen LogP contribution >= 0.6 is 11.6 Å². The highest BCUT2D eigenvalue weighted by Crippen LogP contribution is 2.28. The molecule has 0 radical (unpaired) electrons. The number of carbonyl (C=O) groups is 1. The number of Topliss-reactive ketones (excluding diaryl/α,β-unsaturated/α-hetero) is 1. The van der Waals surface area contributed by atoms with E-state index in [1.54, 1.807) is 30.3 Å². The fraction of sp³-hybridized carbons (Fsp3) is 0.0714. The summed E-state index contributed by atoms with van der Waals surface area (Å²) in [5, 5.41) is 0.508.